The van der Waals surface area contributed by atoms with Crippen LogP contribution >= 0.6 is 0 Å². The number of nitrogens with zero attached hydrogens (tertiary/aromatic N) is 2. The lowest BCUT2D eigenvalue weighted by atomic mass is 10.1. The Balaban J connectivity index is 1.26. The zero-order valence-electron chi connectivity index (χ0n) is 15.2. The van der Waals surface area contributed by atoms with Gasteiger partial charge in [0.1, 0.15) is 18.4 Å². The molecule has 3 heterocycles. The Bertz CT molecular complexity index is 824. The number of nitrogens with one attached hydrogen (secondary N) is 2. The highest BCUT2D eigenvalue weighted by Crippen LogP contribution is 2.35. The van der Waals surface area contributed by atoms with Crippen molar-refractivity contribution in [2.24, 2.45) is 0 Å². The van der Waals surface area contributed by atoms with E-state index in [1.807, 2.05) is 25.1 Å². The van der Waals surface area contributed by atoms with Gasteiger partial charge in [-0.15, -0.1) is 0 Å². The molecule has 1 fully saturated rings. The Labute approximate surface area is 156 Å². The van der Waals surface area contributed by atoms with Crippen LogP contribution in [0.1, 0.15) is 17.9 Å². The van der Waals surface area contributed by atoms with Gasteiger partial charge in [-0.2, -0.15) is 0 Å². The fraction of sp³-hybridized carbons (Fsp3) is 0.444. The molecule has 9 heteroatoms. The van der Waals surface area contributed by atoms with E-state index < -0.39 is 0 Å². The van der Waals surface area contributed by atoms with Crippen LogP contribution in [0.4, 0.5) is 0 Å². The van der Waals surface area contributed by atoms with Crippen molar-refractivity contribution in [1.82, 2.24) is 20.9 Å². The average Bonchev–Trinajstić information content (AvgIpc) is 3.39. The van der Waals surface area contributed by atoms with E-state index in [1.54, 1.807) is 18.0 Å². The van der Waals surface area contributed by atoms with Crippen LogP contribution in [0.3, 0.4) is 0 Å². The average molecular weight is 374 g/mol. The van der Waals surface area contributed by atoms with Gasteiger partial charge in [-0.05, 0) is 25.5 Å². The molecule has 27 heavy (non-hydrogen) atoms. The van der Waals surface area contributed by atoms with Gasteiger partial charge in [0, 0.05) is 19.2 Å². The highest BCUT2D eigenvalue weighted by atomic mass is 16.7. The number of amides is 1. The van der Waals surface area contributed by atoms with Gasteiger partial charge in [0.05, 0.1) is 18.3 Å². The summed E-state index contributed by atoms with van der Waals surface area (Å²) in [5, 5.41) is 3.84. The number of aromatic nitrogens is 1. The summed E-state index contributed by atoms with van der Waals surface area (Å²) in [7, 11) is 1.75. The summed E-state index contributed by atoms with van der Waals surface area (Å²) in [6.07, 6.45) is 0.628. The number of fused-ring (bicyclic) bond motifs is 1. The van der Waals surface area contributed by atoms with Crippen LogP contribution in [0.2, 0.25) is 0 Å². The van der Waals surface area contributed by atoms with Crippen LogP contribution in [-0.4, -0.2) is 48.5 Å². The summed E-state index contributed by atoms with van der Waals surface area (Å²) in [5.41, 5.74) is 6.96. The summed E-state index contributed by atoms with van der Waals surface area (Å²) in [5.74, 6) is 2.76. The third-order valence-corrected chi connectivity index (χ3v) is 4.52. The van der Waals surface area contributed by atoms with E-state index in [4.69, 9.17) is 18.7 Å². The smallest absolute Gasteiger partial charge is 0.241 e. The first-order chi connectivity index (χ1) is 13.1. The van der Waals surface area contributed by atoms with Gasteiger partial charge < -0.3 is 23.6 Å². The number of benzene rings is 1. The highest BCUT2D eigenvalue weighted by Gasteiger charge is 2.32. The number of carbonyl (C=O) groups excluding carboxylic acids is 1. The maximum absolute atomic E-state index is 12.6. The predicted molar refractivity (Wildman–Crippen MR) is 94.2 cm³/mol. The van der Waals surface area contributed by atoms with Crippen molar-refractivity contribution in [3.8, 4) is 17.2 Å². The van der Waals surface area contributed by atoms with Crippen molar-refractivity contribution in [2.75, 3.05) is 20.4 Å². The molecule has 2 aliphatic rings. The minimum atomic E-state index is -0.315. The second kappa shape index (κ2) is 7.45. The van der Waals surface area contributed by atoms with E-state index in [1.165, 1.54) is 0 Å². The third-order valence-electron chi connectivity index (χ3n) is 4.52. The van der Waals surface area contributed by atoms with Gasteiger partial charge in [-0.25, -0.2) is 5.43 Å². The third kappa shape index (κ3) is 3.99. The zero-order chi connectivity index (χ0) is 18.8. The van der Waals surface area contributed by atoms with E-state index >= 15 is 0 Å². The molecule has 2 atom stereocenters. The minimum absolute atomic E-state index is 0.0119. The van der Waals surface area contributed by atoms with Gasteiger partial charge in [0.15, 0.2) is 17.3 Å². The van der Waals surface area contributed by atoms with Gasteiger partial charge >= 0.3 is 0 Å². The molecule has 1 aromatic carbocycles. The molecule has 2 N–H and O–H groups in total. The summed E-state index contributed by atoms with van der Waals surface area (Å²) in [6, 6.07) is 7.00. The molecule has 1 saturated heterocycles. The molecular formula is C18H22N4O5. The molecule has 2 aromatic rings. The number of likely N-dealkylation sites (N-methyl/N-ethyl adjacent to an activating group) is 1. The van der Waals surface area contributed by atoms with E-state index in [2.05, 4.69) is 16.0 Å². The van der Waals surface area contributed by atoms with Crippen LogP contribution in [0, 0.1) is 6.92 Å². The number of ether oxygens (including phenoxy) is 3. The van der Waals surface area contributed by atoms with E-state index in [0.717, 1.165) is 11.4 Å². The number of hydrogen-bond acceptors (Lipinski definition) is 8. The first-order valence-electron chi connectivity index (χ1n) is 8.79. The molecule has 0 spiro atoms. The molecule has 1 amide bonds. The molecule has 0 bridgehead atoms. The lowest BCUT2D eigenvalue weighted by molar-refractivity contribution is -0.132. The summed E-state index contributed by atoms with van der Waals surface area (Å²) in [4.78, 5) is 14.2. The maximum atomic E-state index is 12.6. The van der Waals surface area contributed by atoms with Crippen molar-refractivity contribution in [1.29, 1.82) is 0 Å². The number of hydrazine groups is 1. The number of rotatable bonds is 6. The summed E-state index contributed by atoms with van der Waals surface area (Å²) in [6.45, 7) is 2.90. The quantitative estimate of drug-likeness (QED) is 0.772. The topological polar surface area (TPSA) is 98.1 Å². The molecule has 144 valence electrons. The van der Waals surface area contributed by atoms with E-state index in [-0.39, 0.29) is 24.8 Å². The molecule has 9 nitrogen and oxygen atoms in total. The van der Waals surface area contributed by atoms with Crippen molar-refractivity contribution >= 4 is 5.91 Å². The largest absolute Gasteiger partial charge is 0.492 e. The van der Waals surface area contributed by atoms with Crippen LogP contribution in [-0.2, 0) is 11.3 Å². The van der Waals surface area contributed by atoms with Gasteiger partial charge in [0.25, 0.3) is 0 Å². The Kier molecular flexibility index (Phi) is 4.87. The second-order valence-electron chi connectivity index (χ2n) is 6.73. The molecule has 0 aliphatic carbocycles. The lowest BCUT2D eigenvalue weighted by Gasteiger charge is -2.19. The second-order valence-corrected chi connectivity index (χ2v) is 6.73. The zero-order valence-corrected chi connectivity index (χ0v) is 15.2. The molecule has 4 rings (SSSR count). The summed E-state index contributed by atoms with van der Waals surface area (Å²) < 4.78 is 21.6. The first kappa shape index (κ1) is 17.6. The van der Waals surface area contributed by atoms with Gasteiger partial charge in [0.2, 0.25) is 12.7 Å². The maximum Gasteiger partial charge on any atom is 0.241 e. The summed E-state index contributed by atoms with van der Waals surface area (Å²) >= 11 is 0. The molecule has 0 radical (unpaired) electrons. The predicted octanol–water partition coefficient (Wildman–Crippen LogP) is 0.984. The van der Waals surface area contributed by atoms with Crippen molar-refractivity contribution in [3.63, 3.8) is 0 Å². The fourth-order valence-electron chi connectivity index (χ4n) is 3.13. The normalized spacial score (nSPS) is 20.7. The van der Waals surface area contributed by atoms with Gasteiger partial charge in [-0.1, -0.05) is 5.16 Å². The Morgan fingerprint density at radius 2 is 2.15 bits per heavy atom. The molecular weight excluding hydrogens is 352 g/mol. The number of aryl methyl sites for hydroxylation is 1. The minimum Gasteiger partial charge on any atom is -0.492 e. The Hall–Kier alpha value is -2.78. The van der Waals surface area contributed by atoms with Crippen molar-refractivity contribution in [2.45, 2.75) is 32.0 Å². The van der Waals surface area contributed by atoms with Crippen molar-refractivity contribution in [3.05, 3.63) is 35.7 Å². The van der Waals surface area contributed by atoms with Crippen LogP contribution < -0.4 is 25.1 Å². The fourth-order valence-corrected chi connectivity index (χ4v) is 3.13. The Morgan fingerprint density at radius 3 is 2.96 bits per heavy atom. The highest BCUT2D eigenvalue weighted by molar-refractivity contribution is 5.81. The standard InChI is InChI=1S/C18H22N4O5/c1-11-5-14(27-21-11)8-22(2)18(23)15-6-12(19-20-15)9-24-13-3-4-16-17(7-13)26-10-25-16/h3-5,7,12,15,19-20H,6,8-10H2,1-2H3. The van der Waals surface area contributed by atoms with E-state index in [0.29, 0.717) is 36.8 Å². The number of carbonyl (C=O) groups is 1. The first-order valence-corrected chi connectivity index (χ1v) is 8.79. The molecule has 1 aromatic heterocycles. The van der Waals surface area contributed by atoms with Crippen LogP contribution in [0.25, 0.3) is 0 Å². The Morgan fingerprint density at radius 1 is 1.30 bits per heavy atom. The SMILES string of the molecule is Cc1cc(CN(C)C(=O)C2CC(COc3ccc4c(c3)OCO4)NN2)on1. The van der Waals surface area contributed by atoms with Crippen molar-refractivity contribution < 1.29 is 23.5 Å². The lowest BCUT2D eigenvalue weighted by Crippen LogP contribution is -2.44. The number of hydrogen-bond donors (Lipinski definition) is 2. The molecule has 2 aliphatic heterocycles. The van der Waals surface area contributed by atoms with E-state index in [9.17, 15) is 4.79 Å². The van der Waals surface area contributed by atoms with Crippen LogP contribution in [0.5, 0.6) is 17.2 Å². The van der Waals surface area contributed by atoms with Crippen LogP contribution in [0.15, 0.2) is 28.8 Å². The molecule has 2 unspecified atom stereocenters. The van der Waals surface area contributed by atoms with Gasteiger partial charge in [-0.3, -0.25) is 10.2 Å². The monoisotopic (exact) mass is 374 g/mol. The molecule has 0 saturated carbocycles.